The molecule has 0 aromatic heterocycles. The van der Waals surface area contributed by atoms with E-state index in [0.29, 0.717) is 17.6 Å². The van der Waals surface area contributed by atoms with Crippen LogP contribution in [0.4, 0.5) is 10.5 Å². The third-order valence-electron chi connectivity index (χ3n) is 7.01. The molecule has 2 saturated heterocycles. The fourth-order valence-electron chi connectivity index (χ4n) is 5.20. The molecule has 0 bridgehead atoms. The van der Waals surface area contributed by atoms with Gasteiger partial charge in [0.25, 0.3) is 5.91 Å². The number of piperidine rings is 1. The van der Waals surface area contributed by atoms with Crippen molar-refractivity contribution in [3.63, 3.8) is 0 Å². The number of likely N-dealkylation sites (tertiary alicyclic amines) is 2. The fourth-order valence-corrected chi connectivity index (χ4v) is 5.20. The van der Waals surface area contributed by atoms with Crippen LogP contribution in [0.3, 0.4) is 0 Å². The second-order valence-corrected chi connectivity index (χ2v) is 9.25. The number of urea groups is 1. The lowest BCUT2D eigenvalue weighted by molar-refractivity contribution is 0.0927. The van der Waals surface area contributed by atoms with Crippen LogP contribution in [-0.2, 0) is 0 Å². The predicted molar refractivity (Wildman–Crippen MR) is 120 cm³/mol. The molecule has 1 saturated carbocycles. The number of hydrogen-bond acceptors (Lipinski definition) is 3. The average Bonchev–Trinajstić information content (AvgIpc) is 3.31. The normalized spacial score (nSPS) is 23.4. The molecule has 0 spiro atoms. The first kappa shape index (κ1) is 21.2. The molecule has 6 heteroatoms. The second-order valence-electron chi connectivity index (χ2n) is 9.25. The summed E-state index contributed by atoms with van der Waals surface area (Å²) < 4.78 is 0. The van der Waals surface area contributed by atoms with Gasteiger partial charge in [-0.25, -0.2) is 4.79 Å². The lowest BCUT2D eigenvalue weighted by Crippen LogP contribution is -2.50. The van der Waals surface area contributed by atoms with Crippen molar-refractivity contribution in [1.29, 1.82) is 0 Å². The Balaban J connectivity index is 1.33. The SMILES string of the molecule is Cc1cc(C(=O)NC2CCCCC2)ccc1NC(=O)N1CCC[C@H](N2CCCC2)C1. The number of anilines is 1. The zero-order valence-electron chi connectivity index (χ0n) is 18.3. The number of benzene rings is 1. The molecule has 3 amide bonds. The first-order valence-corrected chi connectivity index (χ1v) is 11.8. The molecule has 3 aliphatic rings. The zero-order valence-corrected chi connectivity index (χ0v) is 18.3. The summed E-state index contributed by atoms with van der Waals surface area (Å²) in [6.45, 7) is 5.92. The van der Waals surface area contributed by atoms with Crippen molar-refractivity contribution in [2.45, 2.75) is 76.8 Å². The van der Waals surface area contributed by atoms with Crippen LogP contribution in [0.25, 0.3) is 0 Å². The summed E-state index contributed by atoms with van der Waals surface area (Å²) in [7, 11) is 0. The Labute approximate surface area is 180 Å². The number of rotatable bonds is 4. The van der Waals surface area contributed by atoms with Gasteiger partial charge >= 0.3 is 6.03 Å². The largest absolute Gasteiger partial charge is 0.349 e. The maximum Gasteiger partial charge on any atom is 0.321 e. The average molecular weight is 413 g/mol. The molecular formula is C24H36N4O2. The summed E-state index contributed by atoms with van der Waals surface area (Å²) in [5, 5.41) is 6.24. The van der Waals surface area contributed by atoms with Crippen LogP contribution in [0, 0.1) is 6.92 Å². The van der Waals surface area contributed by atoms with E-state index in [0.717, 1.165) is 43.6 Å². The van der Waals surface area contributed by atoms with E-state index >= 15 is 0 Å². The van der Waals surface area contributed by atoms with Crippen molar-refractivity contribution in [2.75, 3.05) is 31.5 Å². The van der Waals surface area contributed by atoms with Crippen LogP contribution >= 0.6 is 0 Å². The van der Waals surface area contributed by atoms with Crippen LogP contribution in [0.2, 0.25) is 0 Å². The minimum atomic E-state index is -0.0265. The van der Waals surface area contributed by atoms with E-state index in [1.807, 2.05) is 30.0 Å². The number of nitrogens with one attached hydrogen (secondary N) is 2. The molecule has 3 fully saturated rings. The highest BCUT2D eigenvalue weighted by molar-refractivity contribution is 5.96. The predicted octanol–water partition coefficient (Wildman–Crippen LogP) is 4.15. The molecular weight excluding hydrogens is 376 g/mol. The van der Waals surface area contributed by atoms with Gasteiger partial charge in [-0.3, -0.25) is 9.69 Å². The smallest absolute Gasteiger partial charge is 0.321 e. The van der Waals surface area contributed by atoms with E-state index in [2.05, 4.69) is 15.5 Å². The Morgan fingerprint density at radius 1 is 0.933 bits per heavy atom. The monoisotopic (exact) mass is 412 g/mol. The van der Waals surface area contributed by atoms with Crippen molar-refractivity contribution >= 4 is 17.6 Å². The molecule has 2 aliphatic heterocycles. The fraction of sp³-hybridized carbons (Fsp3) is 0.667. The standard InChI is InChI=1S/C24H36N4O2/c1-18-16-19(23(29)25-20-8-3-2-4-9-20)11-12-22(18)26-24(30)28-15-7-10-21(17-28)27-13-5-6-14-27/h11-12,16,20-21H,2-10,13-15,17H2,1H3,(H,25,29)(H,26,30)/t21-/m0/s1. The minimum absolute atomic E-state index is 0.00707. The Bertz CT molecular complexity index is 754. The molecule has 1 aromatic rings. The minimum Gasteiger partial charge on any atom is -0.349 e. The number of aryl methyl sites for hydroxylation is 1. The lowest BCUT2D eigenvalue weighted by Gasteiger charge is -2.37. The molecule has 1 atom stereocenters. The van der Waals surface area contributed by atoms with E-state index in [1.165, 1.54) is 51.6 Å². The molecule has 1 aliphatic carbocycles. The molecule has 1 aromatic carbocycles. The molecule has 6 nitrogen and oxygen atoms in total. The number of hydrogen-bond donors (Lipinski definition) is 2. The highest BCUT2D eigenvalue weighted by atomic mass is 16.2. The number of carbonyl (C=O) groups is 2. The van der Waals surface area contributed by atoms with Crippen LogP contribution < -0.4 is 10.6 Å². The zero-order chi connectivity index (χ0) is 20.9. The Morgan fingerprint density at radius 3 is 2.43 bits per heavy atom. The van der Waals surface area contributed by atoms with Crippen molar-refractivity contribution in [3.8, 4) is 0 Å². The molecule has 2 heterocycles. The van der Waals surface area contributed by atoms with Crippen molar-refractivity contribution in [3.05, 3.63) is 29.3 Å². The van der Waals surface area contributed by atoms with E-state index < -0.39 is 0 Å². The quantitative estimate of drug-likeness (QED) is 0.781. The number of amides is 3. The van der Waals surface area contributed by atoms with E-state index in [9.17, 15) is 9.59 Å². The Kier molecular flexibility index (Phi) is 6.93. The van der Waals surface area contributed by atoms with Crippen LogP contribution in [0.15, 0.2) is 18.2 Å². The van der Waals surface area contributed by atoms with Crippen molar-refractivity contribution in [1.82, 2.24) is 15.1 Å². The van der Waals surface area contributed by atoms with Gasteiger partial charge in [-0.2, -0.15) is 0 Å². The molecule has 164 valence electrons. The molecule has 2 N–H and O–H groups in total. The van der Waals surface area contributed by atoms with Gasteiger partial charge in [-0.15, -0.1) is 0 Å². The first-order valence-electron chi connectivity index (χ1n) is 11.8. The van der Waals surface area contributed by atoms with Gasteiger partial charge in [0.1, 0.15) is 0 Å². The second kappa shape index (κ2) is 9.82. The maximum absolute atomic E-state index is 12.9. The summed E-state index contributed by atoms with van der Waals surface area (Å²) in [4.78, 5) is 30.0. The van der Waals surface area contributed by atoms with Crippen LogP contribution in [-0.4, -0.2) is 60.0 Å². The van der Waals surface area contributed by atoms with Gasteiger partial charge in [-0.1, -0.05) is 19.3 Å². The third kappa shape index (κ3) is 5.15. The highest BCUT2D eigenvalue weighted by Crippen LogP contribution is 2.23. The van der Waals surface area contributed by atoms with Gasteiger partial charge in [0.2, 0.25) is 0 Å². The van der Waals surface area contributed by atoms with Crippen molar-refractivity contribution in [2.24, 2.45) is 0 Å². The number of nitrogens with zero attached hydrogens (tertiary/aromatic N) is 2. The van der Waals surface area contributed by atoms with E-state index in [4.69, 9.17) is 0 Å². The molecule has 30 heavy (non-hydrogen) atoms. The Hall–Kier alpha value is -2.08. The summed E-state index contributed by atoms with van der Waals surface area (Å²) in [5.74, 6) is -0.00707. The summed E-state index contributed by atoms with van der Waals surface area (Å²) in [6.07, 6.45) is 10.6. The Morgan fingerprint density at radius 2 is 1.70 bits per heavy atom. The van der Waals surface area contributed by atoms with Gasteiger partial charge < -0.3 is 15.5 Å². The van der Waals surface area contributed by atoms with Gasteiger partial charge in [0.15, 0.2) is 0 Å². The number of carbonyl (C=O) groups excluding carboxylic acids is 2. The van der Waals surface area contributed by atoms with E-state index in [-0.39, 0.29) is 11.9 Å². The van der Waals surface area contributed by atoms with Crippen molar-refractivity contribution < 1.29 is 9.59 Å². The van der Waals surface area contributed by atoms with Crippen LogP contribution in [0.5, 0.6) is 0 Å². The first-order chi connectivity index (χ1) is 14.6. The van der Waals surface area contributed by atoms with Gasteiger partial charge in [-0.05, 0) is 82.3 Å². The van der Waals surface area contributed by atoms with Gasteiger partial charge in [0.05, 0.1) is 0 Å². The van der Waals surface area contributed by atoms with Crippen LogP contribution in [0.1, 0.15) is 73.7 Å². The summed E-state index contributed by atoms with van der Waals surface area (Å²) in [5.41, 5.74) is 2.38. The summed E-state index contributed by atoms with van der Waals surface area (Å²) in [6, 6.07) is 6.35. The molecule has 0 radical (unpaired) electrons. The summed E-state index contributed by atoms with van der Waals surface area (Å²) >= 11 is 0. The lowest BCUT2D eigenvalue weighted by atomic mass is 9.95. The maximum atomic E-state index is 12.9. The van der Waals surface area contributed by atoms with E-state index in [1.54, 1.807) is 0 Å². The third-order valence-corrected chi connectivity index (χ3v) is 7.01. The highest BCUT2D eigenvalue weighted by Gasteiger charge is 2.29. The molecule has 0 unspecified atom stereocenters. The van der Waals surface area contributed by atoms with Gasteiger partial charge in [0, 0.05) is 36.4 Å². The molecule has 4 rings (SSSR count). The topological polar surface area (TPSA) is 64.7 Å².